The van der Waals surface area contributed by atoms with Crippen LogP contribution in [0.15, 0.2) is 60.7 Å². The molecule has 0 amide bonds. The summed E-state index contributed by atoms with van der Waals surface area (Å²) in [5.41, 5.74) is 1.30. The van der Waals surface area contributed by atoms with E-state index >= 15 is 0 Å². The Bertz CT molecular complexity index is 1130. The first-order chi connectivity index (χ1) is 14.6. The molecule has 3 rings (SSSR count). The summed E-state index contributed by atoms with van der Waals surface area (Å²) < 4.78 is 11.1. The van der Waals surface area contributed by atoms with Crippen LogP contribution in [0.2, 0.25) is 0 Å². The van der Waals surface area contributed by atoms with E-state index < -0.39 is 11.9 Å². The average Bonchev–Trinajstić information content (AvgIpc) is 2.76. The molecule has 0 radical (unpaired) electrons. The quantitative estimate of drug-likeness (QED) is 0.553. The Kier molecular flexibility index (Phi) is 7.12. The van der Waals surface area contributed by atoms with Crippen molar-refractivity contribution in [3.05, 3.63) is 79.5 Å². The molecular weight excluding hydrogens is 420 g/mol. The summed E-state index contributed by atoms with van der Waals surface area (Å²) in [6, 6.07) is 21.9. The van der Waals surface area contributed by atoms with Crippen LogP contribution < -0.4 is 7.69 Å². The van der Waals surface area contributed by atoms with Crippen molar-refractivity contribution >= 4 is 45.8 Å². The van der Waals surface area contributed by atoms with Crippen LogP contribution in [0.3, 0.4) is 0 Å². The molecule has 0 aliphatic heterocycles. The number of carbonyl (C=O) groups excluding carboxylic acids is 2. The standard InChI is InChI=1S/C22H14N2O4S2/c23-11-17(19(25)27-13-15-7-3-1-4-8-15)21-29-22(30-21)18(12-24)20(26)28-14-16-9-5-2-6-10-16/h1-10H,13-14H2. The molecule has 148 valence electrons. The van der Waals surface area contributed by atoms with Gasteiger partial charge in [0.2, 0.25) is 0 Å². The minimum absolute atomic E-state index is 0.0470. The number of ether oxygens (including phenoxy) is 2. The molecule has 0 spiro atoms. The highest BCUT2D eigenvalue weighted by Crippen LogP contribution is 2.08. The van der Waals surface area contributed by atoms with Crippen molar-refractivity contribution in [3.63, 3.8) is 0 Å². The van der Waals surface area contributed by atoms with Gasteiger partial charge in [-0.25, -0.2) is 9.59 Å². The molecule has 0 unspecified atom stereocenters. The van der Waals surface area contributed by atoms with Crippen LogP contribution in [0.25, 0.3) is 11.1 Å². The lowest BCUT2D eigenvalue weighted by Gasteiger charge is -2.05. The normalized spacial score (nSPS) is 9.80. The number of carbonyl (C=O) groups is 2. The van der Waals surface area contributed by atoms with Gasteiger partial charge in [0.25, 0.3) is 0 Å². The van der Waals surface area contributed by atoms with Crippen molar-refractivity contribution in [1.29, 1.82) is 10.5 Å². The zero-order valence-electron chi connectivity index (χ0n) is 15.5. The second-order valence-corrected chi connectivity index (χ2v) is 8.43. The second-order valence-electron chi connectivity index (χ2n) is 5.88. The molecular formula is C22H14N2O4S2. The zero-order chi connectivity index (χ0) is 21.3. The van der Waals surface area contributed by atoms with Crippen molar-refractivity contribution in [2.24, 2.45) is 0 Å². The molecule has 0 saturated carbocycles. The van der Waals surface area contributed by atoms with Crippen molar-refractivity contribution in [2.75, 3.05) is 0 Å². The third kappa shape index (κ3) is 5.21. The average molecular weight is 434 g/mol. The van der Waals surface area contributed by atoms with Crippen molar-refractivity contribution in [2.45, 2.75) is 13.2 Å². The van der Waals surface area contributed by atoms with Gasteiger partial charge in [-0.15, -0.1) is 22.7 Å². The van der Waals surface area contributed by atoms with Crippen LogP contribution in [0.4, 0.5) is 0 Å². The number of benzene rings is 2. The largest absolute Gasteiger partial charge is 0.457 e. The SMILES string of the molecule is N#CC(C(=O)OCc1ccccc1)=c1sc(=C(C#N)C(=O)OCc2ccccc2)s1. The van der Waals surface area contributed by atoms with Gasteiger partial charge in [-0.2, -0.15) is 10.5 Å². The van der Waals surface area contributed by atoms with Gasteiger partial charge in [0.1, 0.15) is 33.0 Å². The minimum atomic E-state index is -0.749. The van der Waals surface area contributed by atoms with Crippen LogP contribution in [0.1, 0.15) is 11.1 Å². The lowest BCUT2D eigenvalue weighted by molar-refractivity contribution is -0.138. The Hall–Kier alpha value is -3.72. The predicted molar refractivity (Wildman–Crippen MR) is 112 cm³/mol. The van der Waals surface area contributed by atoms with E-state index in [4.69, 9.17) is 9.47 Å². The van der Waals surface area contributed by atoms with Gasteiger partial charge in [0, 0.05) is 0 Å². The monoisotopic (exact) mass is 434 g/mol. The van der Waals surface area contributed by atoms with Gasteiger partial charge in [0.15, 0.2) is 11.1 Å². The smallest absolute Gasteiger partial charge is 0.351 e. The van der Waals surface area contributed by atoms with E-state index in [0.29, 0.717) is 7.69 Å². The summed E-state index contributed by atoms with van der Waals surface area (Å²) >= 11 is 2.03. The number of rotatable bonds is 6. The molecule has 8 heteroatoms. The molecule has 0 aliphatic carbocycles. The molecule has 0 bridgehead atoms. The first-order valence-corrected chi connectivity index (χ1v) is 10.3. The molecule has 30 heavy (non-hydrogen) atoms. The van der Waals surface area contributed by atoms with Gasteiger partial charge in [-0.3, -0.25) is 0 Å². The summed E-state index contributed by atoms with van der Waals surface area (Å²) in [4.78, 5) is 24.4. The molecule has 1 aromatic heterocycles. The number of esters is 2. The maximum absolute atomic E-state index is 12.2. The van der Waals surface area contributed by atoms with Crippen molar-refractivity contribution < 1.29 is 19.1 Å². The lowest BCUT2D eigenvalue weighted by atomic mass is 10.2. The Labute approximate surface area is 180 Å². The van der Waals surface area contributed by atoms with Gasteiger partial charge >= 0.3 is 11.9 Å². The van der Waals surface area contributed by atoms with Crippen LogP contribution in [0, 0.1) is 22.7 Å². The summed E-state index contributed by atoms with van der Waals surface area (Å²) in [5.74, 6) is -1.50. The molecule has 0 N–H and O–H groups in total. The van der Waals surface area contributed by atoms with E-state index in [1.54, 1.807) is 24.3 Å². The maximum Gasteiger partial charge on any atom is 0.351 e. The number of hydrogen-bond acceptors (Lipinski definition) is 8. The summed E-state index contributed by atoms with van der Waals surface area (Å²) in [5, 5.41) is 18.6. The molecule has 3 aromatic rings. The number of nitriles is 2. The highest BCUT2D eigenvalue weighted by atomic mass is 32.2. The highest BCUT2D eigenvalue weighted by Gasteiger charge is 2.18. The Morgan fingerprint density at radius 3 is 1.40 bits per heavy atom. The van der Waals surface area contributed by atoms with Gasteiger partial charge in [-0.1, -0.05) is 60.7 Å². The molecule has 0 saturated heterocycles. The topological polar surface area (TPSA) is 100 Å². The van der Waals surface area contributed by atoms with Crippen LogP contribution in [-0.2, 0) is 32.3 Å². The molecule has 0 atom stereocenters. The fourth-order valence-corrected chi connectivity index (χ4v) is 4.35. The van der Waals surface area contributed by atoms with Crippen molar-refractivity contribution in [1.82, 2.24) is 0 Å². The van der Waals surface area contributed by atoms with E-state index in [9.17, 15) is 20.1 Å². The molecule has 2 aromatic carbocycles. The van der Waals surface area contributed by atoms with Gasteiger partial charge < -0.3 is 9.47 Å². The third-order valence-electron chi connectivity index (χ3n) is 3.84. The molecule has 1 heterocycles. The molecule has 6 nitrogen and oxygen atoms in total. The van der Waals surface area contributed by atoms with E-state index in [0.717, 1.165) is 33.8 Å². The first kappa shape index (κ1) is 21.0. The molecule has 0 aliphatic rings. The number of hydrogen-bond donors (Lipinski definition) is 0. The number of nitrogens with zero attached hydrogens (tertiary/aromatic N) is 2. The van der Waals surface area contributed by atoms with Gasteiger partial charge in [-0.05, 0) is 11.1 Å². The summed E-state index contributed by atoms with van der Waals surface area (Å²) in [7, 11) is 0. The Balaban J connectivity index is 1.74. The second kappa shape index (κ2) is 10.2. The lowest BCUT2D eigenvalue weighted by Crippen LogP contribution is -2.22. The predicted octanol–water partition coefficient (Wildman–Crippen LogP) is 2.64. The third-order valence-corrected chi connectivity index (χ3v) is 6.39. The zero-order valence-corrected chi connectivity index (χ0v) is 17.2. The fourth-order valence-electron chi connectivity index (χ4n) is 2.32. The Morgan fingerprint density at radius 1 is 0.700 bits per heavy atom. The van der Waals surface area contributed by atoms with E-state index in [2.05, 4.69) is 0 Å². The molecule has 0 fully saturated rings. The fraction of sp³-hybridized carbons (Fsp3) is 0.0909. The maximum atomic E-state index is 12.2. The van der Waals surface area contributed by atoms with Crippen LogP contribution in [-0.4, -0.2) is 11.9 Å². The van der Waals surface area contributed by atoms with E-state index in [1.165, 1.54) is 0 Å². The van der Waals surface area contributed by atoms with Crippen LogP contribution >= 0.6 is 22.7 Å². The summed E-state index contributed by atoms with van der Waals surface area (Å²) in [6.45, 7) is 0.0941. The minimum Gasteiger partial charge on any atom is -0.457 e. The van der Waals surface area contributed by atoms with Crippen molar-refractivity contribution in [3.8, 4) is 12.1 Å². The van der Waals surface area contributed by atoms with E-state index in [-0.39, 0.29) is 24.4 Å². The summed E-state index contributed by atoms with van der Waals surface area (Å²) in [6.07, 6.45) is 0. The van der Waals surface area contributed by atoms with E-state index in [1.807, 2.05) is 48.5 Å². The van der Waals surface area contributed by atoms with Crippen LogP contribution in [0.5, 0.6) is 0 Å². The first-order valence-electron chi connectivity index (χ1n) is 8.69. The van der Waals surface area contributed by atoms with Gasteiger partial charge in [0.05, 0.1) is 0 Å². The highest BCUT2D eigenvalue weighted by molar-refractivity contribution is 7.36. The Morgan fingerprint density at radius 2 is 1.07 bits per heavy atom.